The van der Waals surface area contributed by atoms with Crippen LogP contribution in [0.4, 0.5) is 18.9 Å². The van der Waals surface area contributed by atoms with Crippen molar-refractivity contribution in [1.29, 1.82) is 0 Å². The van der Waals surface area contributed by atoms with Crippen molar-refractivity contribution in [3.63, 3.8) is 0 Å². The second-order valence-electron chi connectivity index (χ2n) is 5.72. The molecule has 1 aromatic heterocycles. The first kappa shape index (κ1) is 15.6. The van der Waals surface area contributed by atoms with Crippen LogP contribution < -0.4 is 5.32 Å². The van der Waals surface area contributed by atoms with Gasteiger partial charge in [0.1, 0.15) is 0 Å². The number of anilines is 1. The standard InChI is InChI=1S/C16H16F3N3O/c1-9-6-7-10(8-12(9)16(17,18)19)20-15(23)14-11-4-2-3-5-13(11)21-22-14/h6-8H,2-5H2,1H3,(H,20,23)(H,21,22). The van der Waals surface area contributed by atoms with E-state index in [4.69, 9.17) is 0 Å². The van der Waals surface area contributed by atoms with Crippen LogP contribution in [0.5, 0.6) is 0 Å². The van der Waals surface area contributed by atoms with Gasteiger partial charge in [-0.25, -0.2) is 0 Å². The molecule has 0 saturated heterocycles. The molecule has 1 aliphatic carbocycles. The van der Waals surface area contributed by atoms with Gasteiger partial charge in [-0.05, 0) is 50.3 Å². The summed E-state index contributed by atoms with van der Waals surface area (Å²) in [6.45, 7) is 1.39. The molecule has 0 atom stereocenters. The minimum absolute atomic E-state index is 0.112. The van der Waals surface area contributed by atoms with E-state index in [1.807, 2.05) is 0 Å². The van der Waals surface area contributed by atoms with Gasteiger partial charge >= 0.3 is 6.18 Å². The zero-order chi connectivity index (χ0) is 16.6. The zero-order valence-electron chi connectivity index (χ0n) is 12.5. The number of hydrogen-bond donors (Lipinski definition) is 2. The number of halogens is 3. The lowest BCUT2D eigenvalue weighted by atomic mass is 9.96. The summed E-state index contributed by atoms with van der Waals surface area (Å²) in [6, 6.07) is 3.76. The SMILES string of the molecule is Cc1ccc(NC(=O)c2n[nH]c3c2CCCC3)cc1C(F)(F)F. The fourth-order valence-corrected chi connectivity index (χ4v) is 2.86. The molecule has 7 heteroatoms. The molecule has 1 aromatic carbocycles. The van der Waals surface area contributed by atoms with Gasteiger partial charge in [-0.2, -0.15) is 18.3 Å². The number of nitrogens with zero attached hydrogens (tertiary/aromatic N) is 1. The maximum absolute atomic E-state index is 12.9. The molecule has 0 saturated carbocycles. The summed E-state index contributed by atoms with van der Waals surface area (Å²) in [5, 5.41) is 9.38. The Labute approximate surface area is 131 Å². The van der Waals surface area contributed by atoms with E-state index in [0.717, 1.165) is 43.0 Å². The summed E-state index contributed by atoms with van der Waals surface area (Å²) in [4.78, 5) is 12.3. The third kappa shape index (κ3) is 3.09. The summed E-state index contributed by atoms with van der Waals surface area (Å²) in [7, 11) is 0. The number of amides is 1. The number of carbonyl (C=O) groups is 1. The fraction of sp³-hybridized carbons (Fsp3) is 0.375. The van der Waals surface area contributed by atoms with Crippen LogP contribution in [0.3, 0.4) is 0 Å². The van der Waals surface area contributed by atoms with Crippen LogP contribution in [0, 0.1) is 6.92 Å². The van der Waals surface area contributed by atoms with Crippen LogP contribution in [-0.2, 0) is 19.0 Å². The summed E-state index contributed by atoms with van der Waals surface area (Å²) in [5.74, 6) is -0.485. The van der Waals surface area contributed by atoms with E-state index in [9.17, 15) is 18.0 Å². The lowest BCUT2D eigenvalue weighted by Crippen LogP contribution is -2.16. The Kier molecular flexibility index (Phi) is 3.87. The Morgan fingerprint density at radius 2 is 2.00 bits per heavy atom. The first-order valence-electron chi connectivity index (χ1n) is 7.41. The van der Waals surface area contributed by atoms with E-state index in [2.05, 4.69) is 15.5 Å². The van der Waals surface area contributed by atoms with Crippen LogP contribution in [-0.4, -0.2) is 16.1 Å². The molecule has 0 bridgehead atoms. The summed E-state index contributed by atoms with van der Waals surface area (Å²) >= 11 is 0. The molecule has 0 fully saturated rings. The van der Waals surface area contributed by atoms with Crippen molar-refractivity contribution >= 4 is 11.6 Å². The topological polar surface area (TPSA) is 57.8 Å². The van der Waals surface area contributed by atoms with Crippen molar-refractivity contribution in [2.24, 2.45) is 0 Å². The number of rotatable bonds is 2. The lowest BCUT2D eigenvalue weighted by Gasteiger charge is -2.13. The molecule has 0 unspecified atom stereocenters. The van der Waals surface area contributed by atoms with Crippen LogP contribution in [0.15, 0.2) is 18.2 Å². The first-order valence-corrected chi connectivity index (χ1v) is 7.41. The molecule has 0 spiro atoms. The third-order valence-electron chi connectivity index (χ3n) is 4.07. The fourth-order valence-electron chi connectivity index (χ4n) is 2.86. The molecule has 1 amide bonds. The Balaban J connectivity index is 1.85. The van der Waals surface area contributed by atoms with Gasteiger partial charge < -0.3 is 5.32 Å². The maximum Gasteiger partial charge on any atom is 0.416 e. The van der Waals surface area contributed by atoms with Gasteiger partial charge in [0.2, 0.25) is 0 Å². The van der Waals surface area contributed by atoms with E-state index in [1.165, 1.54) is 19.1 Å². The molecule has 4 nitrogen and oxygen atoms in total. The van der Waals surface area contributed by atoms with Gasteiger partial charge in [0.25, 0.3) is 5.91 Å². The lowest BCUT2D eigenvalue weighted by molar-refractivity contribution is -0.138. The van der Waals surface area contributed by atoms with Crippen LogP contribution in [0.2, 0.25) is 0 Å². The second-order valence-corrected chi connectivity index (χ2v) is 5.72. The molecule has 0 aliphatic heterocycles. The number of carbonyl (C=O) groups excluding carboxylic acids is 1. The number of hydrogen-bond acceptors (Lipinski definition) is 2. The van der Waals surface area contributed by atoms with E-state index in [1.54, 1.807) is 0 Å². The molecule has 1 aliphatic rings. The van der Waals surface area contributed by atoms with Crippen LogP contribution in [0.1, 0.15) is 45.7 Å². The van der Waals surface area contributed by atoms with E-state index < -0.39 is 17.6 Å². The molecule has 122 valence electrons. The number of alkyl halides is 3. The summed E-state index contributed by atoms with van der Waals surface area (Å²) < 4.78 is 38.8. The second kappa shape index (κ2) is 5.72. The predicted molar refractivity (Wildman–Crippen MR) is 79.4 cm³/mol. The van der Waals surface area contributed by atoms with Gasteiger partial charge in [-0.3, -0.25) is 9.89 Å². The van der Waals surface area contributed by atoms with Crippen molar-refractivity contribution < 1.29 is 18.0 Å². The van der Waals surface area contributed by atoms with E-state index >= 15 is 0 Å². The number of aromatic nitrogens is 2. The normalized spacial score (nSPS) is 14.4. The van der Waals surface area contributed by atoms with Gasteiger partial charge in [0.15, 0.2) is 5.69 Å². The molecule has 0 radical (unpaired) electrons. The number of aromatic amines is 1. The van der Waals surface area contributed by atoms with E-state index in [0.29, 0.717) is 0 Å². The minimum Gasteiger partial charge on any atom is -0.321 e. The summed E-state index contributed by atoms with van der Waals surface area (Å²) in [5.41, 5.74) is 1.57. The van der Waals surface area contributed by atoms with Crippen molar-refractivity contribution in [2.45, 2.75) is 38.8 Å². The van der Waals surface area contributed by atoms with Gasteiger partial charge in [-0.15, -0.1) is 0 Å². The van der Waals surface area contributed by atoms with Crippen LogP contribution >= 0.6 is 0 Å². The average Bonchev–Trinajstić information content (AvgIpc) is 2.92. The van der Waals surface area contributed by atoms with Gasteiger partial charge in [0, 0.05) is 16.9 Å². The smallest absolute Gasteiger partial charge is 0.321 e. The largest absolute Gasteiger partial charge is 0.416 e. The molecule has 1 heterocycles. The van der Waals surface area contributed by atoms with Gasteiger partial charge in [-0.1, -0.05) is 6.07 Å². The highest BCUT2D eigenvalue weighted by molar-refractivity contribution is 6.04. The number of benzene rings is 1. The molecule has 2 N–H and O–H groups in total. The number of aryl methyl sites for hydroxylation is 2. The highest BCUT2D eigenvalue weighted by Gasteiger charge is 2.32. The Morgan fingerprint density at radius 1 is 1.26 bits per heavy atom. The molecular weight excluding hydrogens is 307 g/mol. The van der Waals surface area contributed by atoms with Crippen molar-refractivity contribution in [3.05, 3.63) is 46.3 Å². The highest BCUT2D eigenvalue weighted by atomic mass is 19.4. The number of H-pyrrole nitrogens is 1. The Morgan fingerprint density at radius 3 is 2.74 bits per heavy atom. The quantitative estimate of drug-likeness (QED) is 0.881. The average molecular weight is 323 g/mol. The Bertz CT molecular complexity index is 750. The first-order chi connectivity index (χ1) is 10.9. The predicted octanol–water partition coefficient (Wildman–Crippen LogP) is 3.87. The van der Waals surface area contributed by atoms with Crippen molar-refractivity contribution in [1.82, 2.24) is 10.2 Å². The highest BCUT2D eigenvalue weighted by Crippen LogP contribution is 2.33. The molecule has 23 heavy (non-hydrogen) atoms. The summed E-state index contributed by atoms with van der Waals surface area (Å²) in [6.07, 6.45) is -0.816. The molecule has 3 rings (SSSR count). The Hall–Kier alpha value is -2.31. The van der Waals surface area contributed by atoms with Crippen molar-refractivity contribution in [2.75, 3.05) is 5.32 Å². The van der Waals surface area contributed by atoms with E-state index in [-0.39, 0.29) is 16.9 Å². The maximum atomic E-state index is 12.9. The number of fused-ring (bicyclic) bond motifs is 1. The molecular formula is C16H16F3N3O. The van der Waals surface area contributed by atoms with Crippen molar-refractivity contribution in [3.8, 4) is 0 Å². The van der Waals surface area contributed by atoms with Crippen LogP contribution in [0.25, 0.3) is 0 Å². The third-order valence-corrected chi connectivity index (χ3v) is 4.07. The zero-order valence-corrected chi connectivity index (χ0v) is 12.5. The molecule has 2 aromatic rings. The minimum atomic E-state index is -4.45. The monoisotopic (exact) mass is 323 g/mol. The van der Waals surface area contributed by atoms with Gasteiger partial charge in [0.05, 0.1) is 5.56 Å². The number of nitrogens with one attached hydrogen (secondary N) is 2.